The molecule has 0 aromatic heterocycles. The van der Waals surface area contributed by atoms with Crippen LogP contribution in [0.15, 0.2) is 48.5 Å². The topological polar surface area (TPSA) is 70.6 Å². The summed E-state index contributed by atoms with van der Waals surface area (Å²) in [5.41, 5.74) is 0.717. The molecule has 2 aliphatic rings. The van der Waals surface area contributed by atoms with E-state index in [0.717, 1.165) is 24.1 Å². The summed E-state index contributed by atoms with van der Waals surface area (Å²) in [7, 11) is 1.43. The molecule has 1 saturated carbocycles. The predicted octanol–water partition coefficient (Wildman–Crippen LogP) is 4.00. The number of aliphatic carboxylic acids is 1. The molecule has 166 valence electrons. The maximum Gasteiger partial charge on any atom is 0.416 e. The number of piperidine rings is 1. The third kappa shape index (κ3) is 4.41. The Bertz CT molecular complexity index is 935. The van der Waals surface area contributed by atoms with Gasteiger partial charge in [0, 0.05) is 30.2 Å². The van der Waals surface area contributed by atoms with Crippen molar-refractivity contribution in [2.24, 2.45) is 11.8 Å². The lowest BCUT2D eigenvalue weighted by Gasteiger charge is -2.39. The molecule has 3 N–H and O–H groups in total. The monoisotopic (exact) mass is 434 g/mol. The lowest BCUT2D eigenvalue weighted by Crippen LogP contribution is -2.52. The summed E-state index contributed by atoms with van der Waals surface area (Å²) in [6.07, 6.45) is -3.18. The molecule has 31 heavy (non-hydrogen) atoms. The molecule has 2 aromatic carbocycles. The summed E-state index contributed by atoms with van der Waals surface area (Å²) >= 11 is 0. The highest BCUT2D eigenvalue weighted by Gasteiger charge is 2.49. The van der Waals surface area contributed by atoms with Crippen molar-refractivity contribution in [3.8, 4) is 5.75 Å². The van der Waals surface area contributed by atoms with E-state index in [-0.39, 0.29) is 30.6 Å². The van der Waals surface area contributed by atoms with Crippen molar-refractivity contribution < 1.29 is 27.8 Å². The Kier molecular flexibility index (Phi) is 5.94. The molecular weight excluding hydrogens is 409 g/mol. The van der Waals surface area contributed by atoms with E-state index in [1.807, 2.05) is 30.3 Å². The molecule has 2 aromatic rings. The number of halogens is 3. The third-order valence-corrected chi connectivity index (χ3v) is 6.47. The molecule has 5 nitrogen and oxygen atoms in total. The number of carboxylic acid groups (broad SMARTS) is 1. The molecule has 8 heteroatoms. The Morgan fingerprint density at radius 1 is 1.19 bits per heavy atom. The van der Waals surface area contributed by atoms with Crippen LogP contribution in [0.1, 0.15) is 35.6 Å². The number of carbonyl (C=O) groups is 1. The number of benzene rings is 2. The van der Waals surface area contributed by atoms with E-state index in [1.54, 1.807) is 0 Å². The maximum atomic E-state index is 13.2. The zero-order chi connectivity index (χ0) is 22.2. The van der Waals surface area contributed by atoms with Crippen LogP contribution in [0.25, 0.3) is 0 Å². The van der Waals surface area contributed by atoms with Gasteiger partial charge in [0.25, 0.3) is 0 Å². The number of hydrogen-bond acceptors (Lipinski definition) is 4. The highest BCUT2D eigenvalue weighted by molar-refractivity contribution is 5.71. The fraction of sp³-hybridized carbons (Fsp3) is 0.435. The Morgan fingerprint density at radius 2 is 1.94 bits per heavy atom. The average Bonchev–Trinajstić information content (AvgIpc) is 3.10. The van der Waals surface area contributed by atoms with Crippen LogP contribution in [0.3, 0.4) is 0 Å². The van der Waals surface area contributed by atoms with Crippen LogP contribution in [0.5, 0.6) is 5.75 Å². The van der Waals surface area contributed by atoms with Crippen LogP contribution in [-0.2, 0) is 17.5 Å². The second-order valence-corrected chi connectivity index (χ2v) is 8.27. The van der Waals surface area contributed by atoms with Crippen molar-refractivity contribution in [3.63, 3.8) is 0 Å². The Labute approximate surface area is 178 Å². The van der Waals surface area contributed by atoms with Gasteiger partial charge in [0.05, 0.1) is 18.6 Å². The van der Waals surface area contributed by atoms with Gasteiger partial charge < -0.3 is 20.5 Å². The van der Waals surface area contributed by atoms with Gasteiger partial charge in [-0.15, -0.1) is 0 Å². The minimum Gasteiger partial charge on any atom is -0.496 e. The van der Waals surface area contributed by atoms with Crippen LogP contribution in [0.2, 0.25) is 0 Å². The number of carboxylic acids is 1. The van der Waals surface area contributed by atoms with Gasteiger partial charge in [0.15, 0.2) is 0 Å². The normalized spacial score (nSPS) is 27.8. The van der Waals surface area contributed by atoms with Crippen LogP contribution >= 0.6 is 0 Å². The lowest BCUT2D eigenvalue weighted by atomic mass is 9.84. The van der Waals surface area contributed by atoms with E-state index >= 15 is 0 Å². The van der Waals surface area contributed by atoms with Gasteiger partial charge in [0.1, 0.15) is 5.75 Å². The predicted molar refractivity (Wildman–Crippen MR) is 109 cm³/mol. The van der Waals surface area contributed by atoms with Crippen molar-refractivity contribution in [1.82, 2.24) is 10.6 Å². The largest absolute Gasteiger partial charge is 0.496 e. The summed E-state index contributed by atoms with van der Waals surface area (Å²) in [5.74, 6) is -0.791. The summed E-state index contributed by atoms with van der Waals surface area (Å²) in [5, 5.41) is 16.5. The Balaban J connectivity index is 1.60. The quantitative estimate of drug-likeness (QED) is 0.641. The molecule has 0 radical (unpaired) electrons. The van der Waals surface area contributed by atoms with Gasteiger partial charge in [-0.3, -0.25) is 4.79 Å². The summed E-state index contributed by atoms with van der Waals surface area (Å²) in [6.45, 7) is 0.182. The summed E-state index contributed by atoms with van der Waals surface area (Å²) in [4.78, 5) is 11.7. The summed E-state index contributed by atoms with van der Waals surface area (Å²) < 4.78 is 44.9. The number of alkyl halides is 3. The first-order valence-corrected chi connectivity index (χ1v) is 10.3. The fourth-order valence-corrected chi connectivity index (χ4v) is 5.00. The van der Waals surface area contributed by atoms with Gasteiger partial charge in [-0.25, -0.2) is 0 Å². The number of ether oxygens (including phenoxy) is 1. The van der Waals surface area contributed by atoms with E-state index in [0.29, 0.717) is 17.7 Å². The Hall–Kier alpha value is -2.58. The molecule has 2 bridgehead atoms. The van der Waals surface area contributed by atoms with E-state index in [9.17, 15) is 23.1 Å². The van der Waals surface area contributed by atoms with Crippen LogP contribution < -0.4 is 15.4 Å². The number of nitrogens with one attached hydrogen (secondary N) is 2. The maximum absolute atomic E-state index is 13.2. The standard InChI is InChI=1S/C23H25F3N2O3/c1-31-19-8-7-16(23(24,25)26)9-15(19)12-27-20-14-10-17(22(29)30)18(11-14)28-21(20)13-5-3-2-4-6-13/h2-9,14,17-18,20-21,27-28H,10-12H2,1H3,(H,29,30). The van der Waals surface area contributed by atoms with E-state index in [2.05, 4.69) is 10.6 Å². The Morgan fingerprint density at radius 3 is 2.58 bits per heavy atom. The molecule has 4 rings (SSSR count). The first-order chi connectivity index (χ1) is 14.8. The van der Waals surface area contributed by atoms with Crippen molar-refractivity contribution in [2.45, 2.75) is 43.7 Å². The molecule has 5 atom stereocenters. The van der Waals surface area contributed by atoms with E-state index in [4.69, 9.17) is 4.74 Å². The van der Waals surface area contributed by atoms with Crippen LogP contribution in [0, 0.1) is 11.8 Å². The first kappa shape index (κ1) is 21.6. The molecule has 0 spiro atoms. The van der Waals surface area contributed by atoms with Crippen molar-refractivity contribution in [2.75, 3.05) is 7.11 Å². The zero-order valence-electron chi connectivity index (χ0n) is 17.0. The molecule has 1 aliphatic heterocycles. The second-order valence-electron chi connectivity index (χ2n) is 8.27. The zero-order valence-corrected chi connectivity index (χ0v) is 17.0. The molecule has 0 amide bonds. The van der Waals surface area contributed by atoms with Crippen molar-refractivity contribution in [1.29, 1.82) is 0 Å². The minimum absolute atomic E-state index is 0.106. The number of fused-ring (bicyclic) bond motifs is 2. The van der Waals surface area contributed by atoms with E-state index < -0.39 is 23.6 Å². The van der Waals surface area contributed by atoms with Gasteiger partial charge in [0.2, 0.25) is 0 Å². The molecule has 5 unspecified atom stereocenters. The van der Waals surface area contributed by atoms with Crippen molar-refractivity contribution in [3.05, 3.63) is 65.2 Å². The third-order valence-electron chi connectivity index (χ3n) is 6.47. The molecule has 2 fully saturated rings. The smallest absolute Gasteiger partial charge is 0.416 e. The highest BCUT2D eigenvalue weighted by atomic mass is 19.4. The lowest BCUT2D eigenvalue weighted by molar-refractivity contribution is -0.142. The van der Waals surface area contributed by atoms with Gasteiger partial charge in [-0.2, -0.15) is 13.2 Å². The number of rotatable bonds is 6. The highest BCUT2D eigenvalue weighted by Crippen LogP contribution is 2.43. The average molecular weight is 434 g/mol. The first-order valence-electron chi connectivity index (χ1n) is 10.3. The van der Waals surface area contributed by atoms with Gasteiger partial charge in [-0.1, -0.05) is 30.3 Å². The van der Waals surface area contributed by atoms with Crippen molar-refractivity contribution >= 4 is 5.97 Å². The minimum atomic E-state index is -4.44. The SMILES string of the molecule is COc1ccc(C(F)(F)F)cc1CNC1C2CC(NC1c1ccccc1)C(C(=O)O)C2. The number of hydrogen-bond donors (Lipinski definition) is 3. The molecular formula is C23H25F3N2O3. The second kappa shape index (κ2) is 8.51. The summed E-state index contributed by atoms with van der Waals surface area (Å²) in [6, 6.07) is 12.8. The molecule has 1 saturated heterocycles. The van der Waals surface area contributed by atoms with Crippen LogP contribution in [0.4, 0.5) is 13.2 Å². The van der Waals surface area contributed by atoms with Crippen LogP contribution in [-0.4, -0.2) is 30.3 Å². The molecule has 1 aliphatic carbocycles. The fourth-order valence-electron chi connectivity index (χ4n) is 5.00. The van der Waals surface area contributed by atoms with Gasteiger partial charge >= 0.3 is 12.1 Å². The van der Waals surface area contributed by atoms with E-state index in [1.165, 1.54) is 13.2 Å². The van der Waals surface area contributed by atoms with Gasteiger partial charge in [-0.05, 0) is 42.5 Å². The number of methoxy groups -OCH3 is 1. The molecule has 1 heterocycles.